The number of pyridine rings is 1. The van der Waals surface area contributed by atoms with Gasteiger partial charge in [-0.25, -0.2) is 24.7 Å². The van der Waals surface area contributed by atoms with Gasteiger partial charge < -0.3 is 14.5 Å². The highest BCUT2D eigenvalue weighted by Gasteiger charge is 2.46. The van der Waals surface area contributed by atoms with Crippen molar-refractivity contribution in [1.29, 1.82) is 0 Å². The predicted octanol–water partition coefficient (Wildman–Crippen LogP) is 3.94. The minimum absolute atomic E-state index is 0.000932. The lowest BCUT2D eigenvalue weighted by molar-refractivity contribution is -0.124. The fraction of sp³-hybridized carbons (Fsp3) is 0.419. The number of rotatable bonds is 9. The first kappa shape index (κ1) is 27.9. The summed E-state index contributed by atoms with van der Waals surface area (Å²) in [5.41, 5.74) is 3.78. The maximum absolute atomic E-state index is 13.1. The second-order valence-corrected chi connectivity index (χ2v) is 12.1. The fourth-order valence-electron chi connectivity index (χ4n) is 5.47. The van der Waals surface area contributed by atoms with Crippen LogP contribution < -0.4 is 15.0 Å². The van der Waals surface area contributed by atoms with E-state index >= 15 is 0 Å². The van der Waals surface area contributed by atoms with Crippen molar-refractivity contribution in [2.24, 2.45) is 5.92 Å². The summed E-state index contributed by atoms with van der Waals surface area (Å²) in [4.78, 5) is 63.5. The van der Waals surface area contributed by atoms with Crippen molar-refractivity contribution in [3.05, 3.63) is 65.4 Å². The van der Waals surface area contributed by atoms with E-state index in [-0.39, 0.29) is 48.8 Å². The largest absolute Gasteiger partial charge is 0.471 e. The molecule has 1 saturated heterocycles. The van der Waals surface area contributed by atoms with Gasteiger partial charge in [0.15, 0.2) is 5.65 Å². The van der Waals surface area contributed by atoms with Crippen molar-refractivity contribution in [2.45, 2.75) is 64.4 Å². The van der Waals surface area contributed by atoms with Crippen molar-refractivity contribution in [2.75, 3.05) is 23.8 Å². The highest BCUT2D eigenvalue weighted by atomic mass is 16.5. The average molecular weight is 596 g/mol. The van der Waals surface area contributed by atoms with Crippen molar-refractivity contribution in [3.8, 4) is 5.88 Å². The third-order valence-electron chi connectivity index (χ3n) is 8.26. The number of amides is 4. The van der Waals surface area contributed by atoms with E-state index in [4.69, 9.17) is 9.72 Å². The summed E-state index contributed by atoms with van der Waals surface area (Å²) in [7, 11) is 1.49. The van der Waals surface area contributed by atoms with E-state index in [0.29, 0.717) is 52.7 Å². The molecule has 3 aliphatic rings. The molecule has 2 saturated carbocycles. The number of nitrogens with one attached hydrogen (secondary N) is 1. The predicted molar refractivity (Wildman–Crippen MR) is 159 cm³/mol. The summed E-state index contributed by atoms with van der Waals surface area (Å²) in [6, 6.07) is 5.05. The molecule has 1 N–H and O–H groups in total. The second kappa shape index (κ2) is 10.6. The van der Waals surface area contributed by atoms with Gasteiger partial charge in [-0.15, -0.1) is 0 Å². The smallest absolute Gasteiger partial charge is 0.331 e. The molecule has 4 aromatic heterocycles. The van der Waals surface area contributed by atoms with Gasteiger partial charge in [0.25, 0.3) is 0 Å². The molecule has 0 bridgehead atoms. The minimum Gasteiger partial charge on any atom is -0.471 e. The number of anilines is 2. The monoisotopic (exact) mass is 595 g/mol. The number of carbonyl (C=O) groups excluding carboxylic acids is 3. The van der Waals surface area contributed by atoms with E-state index in [1.54, 1.807) is 12.3 Å². The number of fused-ring (bicyclic) bond motifs is 1. The lowest BCUT2D eigenvalue weighted by atomic mass is 10.1. The molecule has 2 aliphatic carbocycles. The van der Waals surface area contributed by atoms with E-state index in [0.717, 1.165) is 29.0 Å². The Morgan fingerprint density at radius 1 is 1.11 bits per heavy atom. The fourth-order valence-corrected chi connectivity index (χ4v) is 5.47. The standard InChI is InChI=1S/C31H33N9O4/c1-16(2)27-35-24(36-30(42)22-10-21(22)28-32-8-7-17(3)33-28)11-25(37-27)44-15-20-13-39-12-19(18-5-6-18)9-23(29(39)34-20)40-14-26(41)38(4)31(40)43/h7-9,11-13,16,18,21-22H,5-6,10,14-15H2,1-4H3,(H,35,36,37,42)/t21-,22-/m0/s1. The highest BCUT2D eigenvalue weighted by molar-refractivity contribution is 6.13. The van der Waals surface area contributed by atoms with Crippen molar-refractivity contribution < 1.29 is 19.1 Å². The molecule has 44 heavy (non-hydrogen) atoms. The summed E-state index contributed by atoms with van der Waals surface area (Å²) in [5.74, 6) is 1.72. The molecule has 13 heteroatoms. The zero-order chi connectivity index (χ0) is 30.7. The SMILES string of the molecule is Cc1ccnc([C@H]2C[C@@H]2C(=O)Nc2cc(OCc3cn4cc(C5CC5)cc(N5CC(=O)N(C)C5=O)c4n3)nc(C(C)C)n2)n1. The summed E-state index contributed by atoms with van der Waals surface area (Å²) < 4.78 is 7.98. The van der Waals surface area contributed by atoms with Crippen molar-refractivity contribution in [1.82, 2.24) is 34.2 Å². The summed E-state index contributed by atoms with van der Waals surface area (Å²) in [6.07, 6.45) is 8.48. The number of carbonyl (C=O) groups is 3. The molecule has 3 fully saturated rings. The molecular formula is C31H33N9O4. The number of nitrogens with zero attached hydrogens (tertiary/aromatic N) is 8. The van der Waals surface area contributed by atoms with Crippen LogP contribution in [0.1, 0.15) is 79.5 Å². The molecule has 2 atom stereocenters. The summed E-state index contributed by atoms with van der Waals surface area (Å²) >= 11 is 0. The number of hydrogen-bond acceptors (Lipinski definition) is 9. The quantitative estimate of drug-likeness (QED) is 0.284. The van der Waals surface area contributed by atoms with Gasteiger partial charge in [0.2, 0.25) is 17.7 Å². The lowest BCUT2D eigenvalue weighted by Crippen LogP contribution is -2.30. The van der Waals surface area contributed by atoms with Crippen LogP contribution in [0, 0.1) is 12.8 Å². The molecule has 5 heterocycles. The maximum atomic E-state index is 13.1. The van der Waals surface area contributed by atoms with E-state index in [9.17, 15) is 14.4 Å². The average Bonchev–Trinajstić information content (AvgIpc) is 3.93. The number of ether oxygens (including phenoxy) is 1. The number of hydrogen-bond donors (Lipinski definition) is 1. The Bertz CT molecular complexity index is 1820. The van der Waals surface area contributed by atoms with Gasteiger partial charge in [0.1, 0.15) is 30.6 Å². The minimum atomic E-state index is -0.369. The zero-order valence-corrected chi connectivity index (χ0v) is 25.0. The first-order valence-electron chi connectivity index (χ1n) is 14.9. The number of urea groups is 1. The van der Waals surface area contributed by atoms with Gasteiger partial charge in [-0.2, -0.15) is 4.98 Å². The summed E-state index contributed by atoms with van der Waals surface area (Å²) in [5, 5.41) is 2.93. The molecule has 0 unspecified atom stereocenters. The number of imidazole rings is 1. The molecular weight excluding hydrogens is 562 g/mol. The van der Waals surface area contributed by atoms with Crippen molar-refractivity contribution >= 4 is 35.0 Å². The van der Waals surface area contributed by atoms with E-state index < -0.39 is 0 Å². The number of imide groups is 1. The van der Waals surface area contributed by atoms with Crippen LogP contribution in [0.25, 0.3) is 5.65 Å². The Morgan fingerprint density at radius 2 is 1.93 bits per heavy atom. The maximum Gasteiger partial charge on any atom is 0.331 e. The number of aromatic nitrogens is 6. The van der Waals surface area contributed by atoms with Crippen LogP contribution in [-0.2, 0) is 16.2 Å². The van der Waals surface area contributed by atoms with Crippen LogP contribution >= 0.6 is 0 Å². The van der Waals surface area contributed by atoms with Gasteiger partial charge in [0.05, 0.1) is 11.4 Å². The Hall–Kier alpha value is -4.94. The van der Waals surface area contributed by atoms with Gasteiger partial charge in [0, 0.05) is 55.2 Å². The number of likely N-dealkylation sites (N-methyl/N-ethyl adjacent to an activating group) is 1. The van der Waals surface area contributed by atoms with E-state index in [2.05, 4.69) is 25.3 Å². The van der Waals surface area contributed by atoms with E-state index in [1.807, 2.05) is 49.7 Å². The normalized spacial score (nSPS) is 19.8. The van der Waals surface area contributed by atoms with Crippen LogP contribution in [0.3, 0.4) is 0 Å². The van der Waals surface area contributed by atoms with Crippen LogP contribution in [0.15, 0.2) is 36.8 Å². The lowest BCUT2D eigenvalue weighted by Gasteiger charge is -2.17. The topological polar surface area (TPSA) is 148 Å². The molecule has 1 aliphatic heterocycles. The van der Waals surface area contributed by atoms with Crippen LogP contribution in [-0.4, -0.2) is 65.7 Å². The molecule has 4 aromatic rings. The second-order valence-electron chi connectivity index (χ2n) is 12.1. The van der Waals surface area contributed by atoms with Crippen LogP contribution in [0.2, 0.25) is 0 Å². The van der Waals surface area contributed by atoms with E-state index in [1.165, 1.54) is 11.9 Å². The molecule has 0 radical (unpaired) electrons. The Morgan fingerprint density at radius 3 is 2.64 bits per heavy atom. The molecule has 226 valence electrons. The molecule has 0 spiro atoms. The first-order valence-corrected chi connectivity index (χ1v) is 14.9. The zero-order valence-electron chi connectivity index (χ0n) is 25.0. The Kier molecular flexibility index (Phi) is 6.74. The third-order valence-corrected chi connectivity index (χ3v) is 8.26. The van der Waals surface area contributed by atoms with Crippen LogP contribution in [0.5, 0.6) is 5.88 Å². The Labute approximate surface area is 253 Å². The van der Waals surface area contributed by atoms with Gasteiger partial charge >= 0.3 is 6.03 Å². The van der Waals surface area contributed by atoms with Gasteiger partial charge in [-0.05, 0) is 49.8 Å². The van der Waals surface area contributed by atoms with Crippen molar-refractivity contribution in [3.63, 3.8) is 0 Å². The first-order chi connectivity index (χ1) is 21.1. The molecule has 13 nitrogen and oxygen atoms in total. The molecule has 7 rings (SSSR count). The van der Waals surface area contributed by atoms with Gasteiger partial charge in [-0.1, -0.05) is 13.8 Å². The van der Waals surface area contributed by atoms with Gasteiger partial charge in [-0.3, -0.25) is 19.4 Å². The third kappa shape index (κ3) is 5.33. The molecule has 4 amide bonds. The summed E-state index contributed by atoms with van der Waals surface area (Å²) in [6.45, 7) is 5.93. The number of aryl methyl sites for hydroxylation is 1. The Balaban J connectivity index is 1.10. The highest BCUT2D eigenvalue weighted by Crippen LogP contribution is 2.46. The molecule has 0 aromatic carbocycles. The van der Waals surface area contributed by atoms with Crippen LogP contribution in [0.4, 0.5) is 16.3 Å².